The van der Waals surface area contributed by atoms with Crippen LogP contribution in [0.4, 0.5) is 15.9 Å². The van der Waals surface area contributed by atoms with E-state index in [0.717, 1.165) is 22.3 Å². The molecule has 0 bridgehead atoms. The molecule has 0 saturated carbocycles. The Balaban J connectivity index is 2.25. The van der Waals surface area contributed by atoms with Gasteiger partial charge in [0.2, 0.25) is 0 Å². The van der Waals surface area contributed by atoms with Gasteiger partial charge >= 0.3 is 0 Å². The van der Waals surface area contributed by atoms with Crippen LogP contribution in [-0.2, 0) is 0 Å². The van der Waals surface area contributed by atoms with Gasteiger partial charge in [0, 0.05) is 10.2 Å². The van der Waals surface area contributed by atoms with Crippen molar-refractivity contribution in [1.82, 2.24) is 4.98 Å². The molecule has 0 aliphatic carbocycles. The Kier molecular flexibility index (Phi) is 3.80. The molecule has 0 saturated heterocycles. The zero-order valence-electron chi connectivity index (χ0n) is 10.1. The van der Waals surface area contributed by atoms with E-state index in [9.17, 15) is 9.18 Å². The summed E-state index contributed by atoms with van der Waals surface area (Å²) in [5.74, 6) is -1.12. The van der Waals surface area contributed by atoms with Crippen molar-refractivity contribution in [2.45, 2.75) is 6.92 Å². The van der Waals surface area contributed by atoms with E-state index in [-0.39, 0.29) is 11.4 Å². The fourth-order valence-electron chi connectivity index (χ4n) is 1.50. The van der Waals surface area contributed by atoms with Gasteiger partial charge in [0.05, 0.1) is 11.8 Å². The van der Waals surface area contributed by atoms with Crippen molar-refractivity contribution in [1.29, 1.82) is 0 Å². The predicted octanol–water partition coefficient (Wildman–Crippen LogP) is 3.13. The van der Waals surface area contributed by atoms with Crippen molar-refractivity contribution < 1.29 is 9.18 Å². The summed E-state index contributed by atoms with van der Waals surface area (Å²) in [4.78, 5) is 15.6. The smallest absolute Gasteiger partial charge is 0.259 e. The van der Waals surface area contributed by atoms with Crippen LogP contribution >= 0.6 is 15.9 Å². The molecule has 4 nitrogen and oxygen atoms in total. The minimum Gasteiger partial charge on any atom is -0.383 e. The van der Waals surface area contributed by atoms with Crippen LogP contribution in [0, 0.1) is 12.7 Å². The Morgan fingerprint density at radius 1 is 1.42 bits per heavy atom. The first-order valence-corrected chi connectivity index (χ1v) is 6.25. The minimum atomic E-state index is -0.607. The first kappa shape index (κ1) is 13.5. The topological polar surface area (TPSA) is 68.0 Å². The number of anilines is 2. The molecule has 98 valence electrons. The van der Waals surface area contributed by atoms with Gasteiger partial charge in [0.1, 0.15) is 11.6 Å². The van der Waals surface area contributed by atoms with Crippen LogP contribution in [0.25, 0.3) is 0 Å². The van der Waals surface area contributed by atoms with E-state index in [1.807, 2.05) is 13.0 Å². The summed E-state index contributed by atoms with van der Waals surface area (Å²) in [5.41, 5.74) is 7.20. The van der Waals surface area contributed by atoms with Crippen molar-refractivity contribution in [2.75, 3.05) is 11.1 Å². The van der Waals surface area contributed by atoms with Crippen LogP contribution in [-0.4, -0.2) is 10.9 Å². The predicted molar refractivity (Wildman–Crippen MR) is 75.4 cm³/mol. The number of aryl methyl sites for hydroxylation is 1. The molecular formula is C13H11BrFN3O. The number of hydrogen-bond acceptors (Lipinski definition) is 3. The number of nitrogens with one attached hydrogen (secondary N) is 1. The highest BCUT2D eigenvalue weighted by Crippen LogP contribution is 2.21. The fraction of sp³-hybridized carbons (Fsp3) is 0.0769. The Morgan fingerprint density at radius 2 is 2.16 bits per heavy atom. The number of rotatable bonds is 2. The summed E-state index contributed by atoms with van der Waals surface area (Å²) in [6.45, 7) is 1.93. The molecule has 19 heavy (non-hydrogen) atoms. The number of amides is 1. The summed E-state index contributed by atoms with van der Waals surface area (Å²) in [7, 11) is 0. The van der Waals surface area contributed by atoms with E-state index in [2.05, 4.69) is 26.2 Å². The molecular weight excluding hydrogens is 313 g/mol. The van der Waals surface area contributed by atoms with Crippen LogP contribution in [0.2, 0.25) is 0 Å². The second kappa shape index (κ2) is 5.36. The van der Waals surface area contributed by atoms with Crippen LogP contribution < -0.4 is 11.1 Å². The maximum atomic E-state index is 13.1. The largest absolute Gasteiger partial charge is 0.383 e. The first-order valence-electron chi connectivity index (χ1n) is 5.46. The number of nitrogen functional groups attached to an aromatic ring is 1. The number of halogens is 2. The van der Waals surface area contributed by atoms with E-state index in [1.54, 1.807) is 12.1 Å². The Bertz CT molecular complexity index is 646. The molecule has 1 heterocycles. The molecule has 6 heteroatoms. The number of nitrogens with two attached hydrogens (primary N) is 1. The molecule has 0 fully saturated rings. The van der Waals surface area contributed by atoms with Gasteiger partial charge in [0.15, 0.2) is 0 Å². The third-order valence-electron chi connectivity index (χ3n) is 2.56. The monoisotopic (exact) mass is 323 g/mol. The Hall–Kier alpha value is -1.95. The van der Waals surface area contributed by atoms with Gasteiger partial charge in [-0.25, -0.2) is 9.37 Å². The normalized spacial score (nSPS) is 10.3. The van der Waals surface area contributed by atoms with Crippen molar-refractivity contribution >= 4 is 33.3 Å². The van der Waals surface area contributed by atoms with Gasteiger partial charge in [-0.05, 0) is 30.7 Å². The fourth-order valence-corrected chi connectivity index (χ4v) is 1.88. The molecule has 0 atom stereocenters. The van der Waals surface area contributed by atoms with Gasteiger partial charge in [0.25, 0.3) is 5.91 Å². The number of nitrogens with zero attached hydrogens (tertiary/aromatic N) is 1. The summed E-state index contributed by atoms with van der Waals surface area (Å²) in [6.07, 6.45) is 0.967. The summed E-state index contributed by atoms with van der Waals surface area (Å²) in [5, 5.41) is 2.64. The third-order valence-corrected chi connectivity index (χ3v) is 3.41. The summed E-state index contributed by atoms with van der Waals surface area (Å²) < 4.78 is 13.9. The highest BCUT2D eigenvalue weighted by molar-refractivity contribution is 9.10. The zero-order chi connectivity index (χ0) is 14.0. The highest BCUT2D eigenvalue weighted by atomic mass is 79.9. The van der Waals surface area contributed by atoms with Crippen LogP contribution in [0.3, 0.4) is 0 Å². The second-order valence-electron chi connectivity index (χ2n) is 4.00. The third kappa shape index (κ3) is 3.08. The highest BCUT2D eigenvalue weighted by Gasteiger charge is 2.12. The Labute approximate surface area is 118 Å². The van der Waals surface area contributed by atoms with Gasteiger partial charge in [-0.1, -0.05) is 22.0 Å². The molecule has 3 N–H and O–H groups in total. The number of hydrogen-bond donors (Lipinski definition) is 2. The van der Waals surface area contributed by atoms with Crippen molar-refractivity contribution in [3.05, 3.63) is 51.9 Å². The lowest BCUT2D eigenvalue weighted by molar-refractivity contribution is 0.102. The first-order chi connectivity index (χ1) is 8.97. The number of carbonyl (C=O) groups is 1. The number of benzene rings is 1. The molecule has 0 aliphatic heterocycles. The van der Waals surface area contributed by atoms with E-state index in [1.165, 1.54) is 0 Å². The standard InChI is InChI=1S/C13H11BrFN3O/c1-7-2-3-9(5-11(7)14)18-13(19)10-4-8(15)6-17-12(10)16/h2-6H,1H3,(H2,16,17)(H,18,19). The van der Waals surface area contributed by atoms with E-state index in [0.29, 0.717) is 5.69 Å². The average molecular weight is 324 g/mol. The SMILES string of the molecule is Cc1ccc(NC(=O)c2cc(F)cnc2N)cc1Br. The average Bonchev–Trinajstić information content (AvgIpc) is 2.36. The van der Waals surface area contributed by atoms with Crippen molar-refractivity contribution in [3.8, 4) is 0 Å². The quantitative estimate of drug-likeness (QED) is 0.892. The molecule has 0 aliphatic rings. The maximum Gasteiger partial charge on any atom is 0.259 e. The molecule has 2 rings (SSSR count). The van der Waals surface area contributed by atoms with Crippen molar-refractivity contribution in [2.24, 2.45) is 0 Å². The van der Waals surface area contributed by atoms with Crippen LogP contribution in [0.5, 0.6) is 0 Å². The molecule has 0 radical (unpaired) electrons. The van der Waals surface area contributed by atoms with Crippen LogP contribution in [0.15, 0.2) is 34.9 Å². The lowest BCUT2D eigenvalue weighted by Crippen LogP contribution is -2.15. The molecule has 1 aromatic carbocycles. The number of pyridine rings is 1. The van der Waals surface area contributed by atoms with Gasteiger partial charge in [-0.3, -0.25) is 4.79 Å². The summed E-state index contributed by atoms with van der Waals surface area (Å²) in [6, 6.07) is 6.42. The van der Waals surface area contributed by atoms with Crippen molar-refractivity contribution in [3.63, 3.8) is 0 Å². The van der Waals surface area contributed by atoms with E-state index in [4.69, 9.17) is 5.73 Å². The second-order valence-corrected chi connectivity index (χ2v) is 4.86. The van der Waals surface area contributed by atoms with E-state index < -0.39 is 11.7 Å². The molecule has 1 amide bonds. The zero-order valence-corrected chi connectivity index (χ0v) is 11.7. The van der Waals surface area contributed by atoms with E-state index >= 15 is 0 Å². The molecule has 0 spiro atoms. The number of carbonyl (C=O) groups excluding carboxylic acids is 1. The molecule has 2 aromatic rings. The summed E-state index contributed by atoms with van der Waals surface area (Å²) >= 11 is 3.37. The lowest BCUT2D eigenvalue weighted by atomic mass is 10.2. The molecule has 1 aromatic heterocycles. The maximum absolute atomic E-state index is 13.1. The number of aromatic nitrogens is 1. The van der Waals surface area contributed by atoms with Gasteiger partial charge in [-0.2, -0.15) is 0 Å². The lowest BCUT2D eigenvalue weighted by Gasteiger charge is -2.08. The van der Waals surface area contributed by atoms with Gasteiger partial charge < -0.3 is 11.1 Å². The minimum absolute atomic E-state index is 0.00919. The van der Waals surface area contributed by atoms with Crippen LogP contribution in [0.1, 0.15) is 15.9 Å². The molecule has 0 unspecified atom stereocenters. The van der Waals surface area contributed by atoms with Gasteiger partial charge in [-0.15, -0.1) is 0 Å². The Morgan fingerprint density at radius 3 is 2.84 bits per heavy atom.